The molecular formula is C16H27N5O3. The van der Waals surface area contributed by atoms with Gasteiger partial charge in [-0.3, -0.25) is 9.48 Å². The fourth-order valence-corrected chi connectivity index (χ4v) is 2.96. The van der Waals surface area contributed by atoms with Gasteiger partial charge in [-0.25, -0.2) is 4.79 Å². The molecule has 1 saturated heterocycles. The molecule has 2 rings (SSSR count). The number of carbonyl (C=O) groups excluding carboxylic acids is 2. The van der Waals surface area contributed by atoms with Gasteiger partial charge in [0.25, 0.3) is 5.91 Å². The van der Waals surface area contributed by atoms with Crippen molar-refractivity contribution in [2.24, 2.45) is 5.73 Å². The van der Waals surface area contributed by atoms with Crippen LogP contribution in [-0.4, -0.2) is 44.9 Å². The quantitative estimate of drug-likeness (QED) is 0.864. The Morgan fingerprint density at radius 2 is 2.04 bits per heavy atom. The number of carbonyl (C=O) groups is 2. The first-order chi connectivity index (χ1) is 11.1. The SMILES string of the molecule is CCc1nn(C[C@@H]2CCCN2C(=O)OC(C)(C)C)c(C(N)=O)c1N. The van der Waals surface area contributed by atoms with Gasteiger partial charge in [0.15, 0.2) is 0 Å². The molecule has 8 heteroatoms. The van der Waals surface area contributed by atoms with Crippen LogP contribution in [0, 0.1) is 0 Å². The van der Waals surface area contributed by atoms with E-state index in [1.54, 1.807) is 4.90 Å². The molecule has 2 amide bonds. The normalized spacial score (nSPS) is 18.0. The molecule has 1 aliphatic heterocycles. The van der Waals surface area contributed by atoms with E-state index in [9.17, 15) is 9.59 Å². The summed E-state index contributed by atoms with van der Waals surface area (Å²) < 4.78 is 6.99. The summed E-state index contributed by atoms with van der Waals surface area (Å²) >= 11 is 0. The van der Waals surface area contributed by atoms with Crippen LogP contribution in [0.4, 0.5) is 10.5 Å². The summed E-state index contributed by atoms with van der Waals surface area (Å²) in [5.41, 5.74) is 12.1. The lowest BCUT2D eigenvalue weighted by Crippen LogP contribution is -2.42. The number of ether oxygens (including phenoxy) is 1. The number of aryl methyl sites for hydroxylation is 1. The highest BCUT2D eigenvalue weighted by molar-refractivity contribution is 5.96. The zero-order chi connectivity index (χ0) is 18.1. The molecule has 8 nitrogen and oxygen atoms in total. The van der Waals surface area contributed by atoms with Crippen molar-refractivity contribution in [3.8, 4) is 0 Å². The molecule has 0 aliphatic carbocycles. The number of primary amides is 1. The molecule has 24 heavy (non-hydrogen) atoms. The lowest BCUT2D eigenvalue weighted by atomic mass is 10.2. The van der Waals surface area contributed by atoms with E-state index in [0.29, 0.717) is 30.9 Å². The predicted molar refractivity (Wildman–Crippen MR) is 90.5 cm³/mol. The first-order valence-electron chi connectivity index (χ1n) is 8.28. The molecule has 1 fully saturated rings. The molecule has 0 spiro atoms. The van der Waals surface area contributed by atoms with E-state index in [-0.39, 0.29) is 17.8 Å². The third-order valence-electron chi connectivity index (χ3n) is 4.02. The van der Waals surface area contributed by atoms with Gasteiger partial charge in [0.05, 0.1) is 24.0 Å². The lowest BCUT2D eigenvalue weighted by molar-refractivity contribution is 0.0211. The van der Waals surface area contributed by atoms with Crippen LogP contribution < -0.4 is 11.5 Å². The standard InChI is InChI=1S/C16H27N5O3/c1-5-11-12(17)13(14(18)22)21(19-11)9-10-7-6-8-20(10)15(23)24-16(2,3)4/h10H,5-9,17H2,1-4H3,(H2,18,22)/t10-/m0/s1. The fraction of sp³-hybridized carbons (Fsp3) is 0.688. The van der Waals surface area contributed by atoms with Crippen LogP contribution >= 0.6 is 0 Å². The van der Waals surface area contributed by atoms with Crippen LogP contribution in [0.15, 0.2) is 0 Å². The molecule has 134 valence electrons. The summed E-state index contributed by atoms with van der Waals surface area (Å²) in [7, 11) is 0. The Morgan fingerprint density at radius 3 is 2.58 bits per heavy atom. The number of likely N-dealkylation sites (tertiary alicyclic amines) is 1. The molecule has 0 aromatic carbocycles. The largest absolute Gasteiger partial charge is 0.444 e. The van der Waals surface area contributed by atoms with E-state index in [1.165, 1.54) is 4.68 Å². The summed E-state index contributed by atoms with van der Waals surface area (Å²) in [6, 6.07) is -0.0954. The van der Waals surface area contributed by atoms with Gasteiger partial charge < -0.3 is 21.1 Å². The van der Waals surface area contributed by atoms with Gasteiger partial charge in [-0.15, -0.1) is 0 Å². The highest BCUT2D eigenvalue weighted by atomic mass is 16.6. The highest BCUT2D eigenvalue weighted by Crippen LogP contribution is 2.24. The number of nitrogens with two attached hydrogens (primary N) is 2. The minimum Gasteiger partial charge on any atom is -0.444 e. The molecule has 1 aromatic heterocycles. The van der Waals surface area contributed by atoms with E-state index in [1.807, 2.05) is 27.7 Å². The van der Waals surface area contributed by atoms with E-state index < -0.39 is 11.5 Å². The third kappa shape index (κ3) is 3.80. The minimum absolute atomic E-state index is 0.0954. The first kappa shape index (κ1) is 18.1. The topological polar surface area (TPSA) is 116 Å². The average molecular weight is 337 g/mol. The number of hydrogen-bond donors (Lipinski definition) is 2. The summed E-state index contributed by atoms with van der Waals surface area (Å²) in [6.45, 7) is 8.43. The molecule has 1 aromatic rings. The summed E-state index contributed by atoms with van der Waals surface area (Å²) in [4.78, 5) is 25.8. The van der Waals surface area contributed by atoms with E-state index in [4.69, 9.17) is 16.2 Å². The van der Waals surface area contributed by atoms with Gasteiger partial charge in [-0.1, -0.05) is 6.92 Å². The van der Waals surface area contributed by atoms with Crippen LogP contribution in [0.5, 0.6) is 0 Å². The molecule has 0 bridgehead atoms. The van der Waals surface area contributed by atoms with Crippen LogP contribution in [0.25, 0.3) is 0 Å². The van der Waals surface area contributed by atoms with E-state index >= 15 is 0 Å². The Hall–Kier alpha value is -2.25. The van der Waals surface area contributed by atoms with Gasteiger partial charge in [0, 0.05) is 6.54 Å². The number of rotatable bonds is 4. The molecule has 4 N–H and O–H groups in total. The highest BCUT2D eigenvalue weighted by Gasteiger charge is 2.33. The maximum atomic E-state index is 12.4. The van der Waals surface area contributed by atoms with Crippen molar-refractivity contribution < 1.29 is 14.3 Å². The number of amides is 2. The monoisotopic (exact) mass is 337 g/mol. The number of nitrogen functional groups attached to an aromatic ring is 1. The van der Waals surface area contributed by atoms with Gasteiger partial charge in [0.1, 0.15) is 11.3 Å². The van der Waals surface area contributed by atoms with E-state index in [0.717, 1.165) is 12.8 Å². The van der Waals surface area contributed by atoms with Gasteiger partial charge in [-0.05, 0) is 40.0 Å². The van der Waals surface area contributed by atoms with Crippen molar-refractivity contribution in [2.75, 3.05) is 12.3 Å². The van der Waals surface area contributed by atoms with Crippen LogP contribution in [0.2, 0.25) is 0 Å². The Bertz CT molecular complexity index is 632. The number of aromatic nitrogens is 2. The zero-order valence-electron chi connectivity index (χ0n) is 14.8. The molecule has 0 saturated carbocycles. The number of anilines is 1. The smallest absolute Gasteiger partial charge is 0.410 e. The van der Waals surface area contributed by atoms with Gasteiger partial charge in [0.2, 0.25) is 0 Å². The molecular weight excluding hydrogens is 310 g/mol. The summed E-state index contributed by atoms with van der Waals surface area (Å²) in [5, 5.41) is 4.39. The van der Waals surface area contributed by atoms with Gasteiger partial charge in [-0.2, -0.15) is 5.10 Å². The van der Waals surface area contributed by atoms with Crippen molar-refractivity contribution in [1.29, 1.82) is 0 Å². The second-order valence-electron chi connectivity index (χ2n) is 7.08. The maximum absolute atomic E-state index is 12.4. The maximum Gasteiger partial charge on any atom is 0.410 e. The third-order valence-corrected chi connectivity index (χ3v) is 4.02. The molecule has 0 radical (unpaired) electrons. The average Bonchev–Trinajstić information content (AvgIpc) is 3.01. The van der Waals surface area contributed by atoms with Crippen molar-refractivity contribution in [3.05, 3.63) is 11.4 Å². The summed E-state index contributed by atoms with van der Waals surface area (Å²) in [5.74, 6) is -0.610. The van der Waals surface area contributed by atoms with Crippen LogP contribution in [-0.2, 0) is 17.7 Å². The molecule has 1 aliphatic rings. The van der Waals surface area contributed by atoms with Crippen molar-refractivity contribution in [1.82, 2.24) is 14.7 Å². The minimum atomic E-state index is -0.610. The summed E-state index contributed by atoms with van der Waals surface area (Å²) in [6.07, 6.45) is 1.97. The van der Waals surface area contributed by atoms with Gasteiger partial charge >= 0.3 is 6.09 Å². The second-order valence-corrected chi connectivity index (χ2v) is 7.08. The van der Waals surface area contributed by atoms with Crippen molar-refractivity contribution >= 4 is 17.7 Å². The first-order valence-corrected chi connectivity index (χ1v) is 8.28. The molecule has 2 heterocycles. The predicted octanol–water partition coefficient (Wildman–Crippen LogP) is 1.53. The zero-order valence-corrected chi connectivity index (χ0v) is 14.8. The second kappa shape index (κ2) is 6.70. The molecule has 1 atom stereocenters. The number of hydrogen-bond acceptors (Lipinski definition) is 5. The Kier molecular flexibility index (Phi) is 5.05. The Morgan fingerprint density at radius 1 is 1.38 bits per heavy atom. The Balaban J connectivity index is 2.21. The van der Waals surface area contributed by atoms with Crippen LogP contribution in [0.3, 0.4) is 0 Å². The fourth-order valence-electron chi connectivity index (χ4n) is 2.96. The van der Waals surface area contributed by atoms with Crippen molar-refractivity contribution in [3.63, 3.8) is 0 Å². The van der Waals surface area contributed by atoms with Crippen molar-refractivity contribution in [2.45, 2.75) is 65.1 Å². The van der Waals surface area contributed by atoms with Crippen LogP contribution in [0.1, 0.15) is 56.7 Å². The lowest BCUT2D eigenvalue weighted by Gasteiger charge is -2.28. The van der Waals surface area contributed by atoms with E-state index in [2.05, 4.69) is 5.10 Å². The molecule has 0 unspecified atom stereocenters. The number of nitrogens with zero attached hydrogens (tertiary/aromatic N) is 3. The Labute approximate surface area is 142 Å².